The van der Waals surface area contributed by atoms with E-state index in [9.17, 15) is 0 Å². The van der Waals surface area contributed by atoms with Gasteiger partial charge in [0.2, 0.25) is 0 Å². The molecule has 0 unspecified atom stereocenters. The number of hydrogen-bond acceptors (Lipinski definition) is 0. The summed E-state index contributed by atoms with van der Waals surface area (Å²) in [5.74, 6) is 0. The quantitative estimate of drug-likeness (QED) is 0.184. The maximum atomic E-state index is 3.47. The summed E-state index contributed by atoms with van der Waals surface area (Å²) < 4.78 is 0. The van der Waals surface area contributed by atoms with Crippen molar-refractivity contribution in [3.63, 3.8) is 0 Å². The first-order valence-electron chi connectivity index (χ1n) is 8.48. The van der Waals surface area contributed by atoms with Gasteiger partial charge in [-0.1, -0.05) is 0 Å². The molecule has 4 aromatic rings. The Bertz CT molecular complexity index is 983. The summed E-state index contributed by atoms with van der Waals surface area (Å²) in [6.07, 6.45) is 0. The van der Waals surface area contributed by atoms with Gasteiger partial charge < -0.3 is 0 Å². The van der Waals surface area contributed by atoms with Crippen LogP contribution in [-0.4, -0.2) is 0 Å². The summed E-state index contributed by atoms with van der Waals surface area (Å²) in [6, 6.07) is 39.1. The molecular weight excluding hydrogens is 878 g/mol. The fraction of sp³-hybridized carbons (Fsp3) is 0.0400. The Morgan fingerprint density at radius 3 is 0.931 bits per heavy atom. The van der Waals surface area contributed by atoms with E-state index in [0.717, 1.165) is 22.3 Å². The van der Waals surface area contributed by atoms with E-state index in [1.165, 1.54) is 22.3 Å². The van der Waals surface area contributed by atoms with Crippen molar-refractivity contribution in [1.82, 2.24) is 0 Å². The minimum Gasteiger partial charge on any atom is -0.224 e. The largest absolute Gasteiger partial charge is 0.224 e. The molecule has 2 aliphatic carbocycles. The SMILES string of the molecule is [U].[U].[V].[V].[c-]1cccc2c1-c1[c-]cccc1C21c2ccc[c-]c2-c2[c-]cccc21. The van der Waals surface area contributed by atoms with Crippen LogP contribution in [0.2, 0.25) is 0 Å². The fourth-order valence-electron chi connectivity index (χ4n) is 4.70. The third-order valence-electron chi connectivity index (χ3n) is 5.54. The van der Waals surface area contributed by atoms with Crippen LogP contribution in [0.1, 0.15) is 22.3 Å². The molecule has 0 nitrogen and oxygen atoms in total. The van der Waals surface area contributed by atoms with Gasteiger partial charge in [0.05, 0.1) is 0 Å². The van der Waals surface area contributed by atoms with Gasteiger partial charge in [0.25, 0.3) is 0 Å². The van der Waals surface area contributed by atoms with Crippen molar-refractivity contribution in [3.8, 4) is 22.3 Å². The van der Waals surface area contributed by atoms with Gasteiger partial charge in [-0.15, -0.1) is 29.7 Å². The number of fused-ring (bicyclic) bond motifs is 10. The van der Waals surface area contributed by atoms with Crippen molar-refractivity contribution in [2.45, 2.75) is 5.41 Å². The van der Waals surface area contributed by atoms with Crippen LogP contribution in [0.4, 0.5) is 0 Å². The molecule has 0 saturated carbocycles. The van der Waals surface area contributed by atoms with Crippen molar-refractivity contribution >= 4 is 0 Å². The molecule has 0 amide bonds. The molecule has 4 aromatic carbocycles. The van der Waals surface area contributed by atoms with Crippen LogP contribution in [0.5, 0.6) is 0 Å². The maximum absolute atomic E-state index is 3.47. The van der Waals surface area contributed by atoms with Gasteiger partial charge >= 0.3 is 0 Å². The third-order valence-corrected chi connectivity index (χ3v) is 5.54. The number of rotatable bonds is 0. The maximum Gasteiger partial charge on any atom is 0 e. The molecule has 6 rings (SSSR count). The van der Waals surface area contributed by atoms with Crippen molar-refractivity contribution in [1.29, 1.82) is 0 Å². The second-order valence-electron chi connectivity index (χ2n) is 6.59. The van der Waals surface area contributed by atoms with E-state index >= 15 is 0 Å². The summed E-state index contributed by atoms with van der Waals surface area (Å²) in [5.41, 5.74) is 9.46. The van der Waals surface area contributed by atoms with Crippen LogP contribution in [0.3, 0.4) is 0 Å². The van der Waals surface area contributed by atoms with E-state index in [4.69, 9.17) is 0 Å². The van der Waals surface area contributed by atoms with Crippen LogP contribution in [0.15, 0.2) is 72.8 Å². The van der Waals surface area contributed by atoms with Crippen molar-refractivity contribution in [2.75, 3.05) is 0 Å². The summed E-state index contributed by atoms with van der Waals surface area (Å²) in [5, 5.41) is 0. The van der Waals surface area contributed by atoms with Gasteiger partial charge in [-0.2, -0.15) is 95.1 Å². The first-order valence-corrected chi connectivity index (χ1v) is 8.48. The van der Waals surface area contributed by atoms with E-state index in [1.807, 2.05) is 24.3 Å². The van der Waals surface area contributed by atoms with E-state index < -0.39 is 0 Å². The Labute approximate surface area is 243 Å². The Morgan fingerprint density at radius 1 is 0.448 bits per heavy atom. The standard InChI is InChI=1S/C25H12.2U.2V/c1-5-13-21-17(9-1)18-10-2-6-14-22(18)25(21)23-15-7-3-11-19(23)20-12-4-8-16-24(20)25;;;;/h1-8,13-16H;;;;/q-4;;;;. The molecule has 0 heterocycles. The minimum absolute atomic E-state index is 0. The Hall–Kier alpha value is 0.153. The third kappa shape index (κ3) is 3.32. The molecule has 0 saturated heterocycles. The monoisotopic (exact) mass is 890 g/mol. The van der Waals surface area contributed by atoms with Gasteiger partial charge in [0, 0.05) is 99.3 Å². The first-order chi connectivity index (χ1) is 12.4. The number of hydrogen-bond donors (Lipinski definition) is 0. The van der Waals surface area contributed by atoms with E-state index in [2.05, 4.69) is 72.8 Å². The van der Waals surface area contributed by atoms with E-state index in [1.54, 1.807) is 0 Å². The summed E-state index contributed by atoms with van der Waals surface area (Å²) in [4.78, 5) is 0. The smallest absolute Gasteiger partial charge is 0 e. The van der Waals surface area contributed by atoms with Crippen molar-refractivity contribution < 1.29 is 99.3 Å². The van der Waals surface area contributed by atoms with Crippen LogP contribution in [0.25, 0.3) is 22.3 Å². The van der Waals surface area contributed by atoms with Crippen LogP contribution < -0.4 is 0 Å². The predicted molar refractivity (Wildman–Crippen MR) is 98.1 cm³/mol. The zero-order chi connectivity index (χ0) is 16.4. The van der Waals surface area contributed by atoms with Crippen LogP contribution in [0, 0.1) is 86.5 Å². The van der Waals surface area contributed by atoms with Crippen molar-refractivity contribution in [2.24, 2.45) is 0 Å². The summed E-state index contributed by atoms with van der Waals surface area (Å²) in [6.45, 7) is 0. The molecule has 0 N–H and O–H groups in total. The Morgan fingerprint density at radius 2 is 0.690 bits per heavy atom. The second-order valence-corrected chi connectivity index (χ2v) is 6.59. The molecule has 1 spiro atoms. The second kappa shape index (κ2) is 9.74. The fourth-order valence-corrected chi connectivity index (χ4v) is 4.70. The Balaban J connectivity index is 0.000000750. The van der Waals surface area contributed by atoms with Crippen LogP contribution in [-0.2, 0) is 42.5 Å². The summed E-state index contributed by atoms with van der Waals surface area (Å²) in [7, 11) is 0. The van der Waals surface area contributed by atoms with E-state index in [0.29, 0.717) is 0 Å². The Kier molecular flexibility index (Phi) is 8.54. The van der Waals surface area contributed by atoms with Crippen molar-refractivity contribution in [3.05, 3.63) is 119 Å². The molecule has 0 atom stereocenters. The summed E-state index contributed by atoms with van der Waals surface area (Å²) >= 11 is 0. The first kappa shape index (κ1) is 25.4. The normalized spacial score (nSPS) is 12.7. The van der Waals surface area contributed by atoms with Crippen LogP contribution >= 0.6 is 0 Å². The minimum atomic E-state index is -0.305. The van der Waals surface area contributed by atoms with Gasteiger partial charge in [-0.3, -0.25) is 0 Å². The molecule has 4 heteroatoms. The molecule has 0 aliphatic heterocycles. The molecular formula is C25H12U2V2-4. The number of benzene rings is 4. The predicted octanol–water partition coefficient (Wildman–Crippen LogP) is 5.23. The molecule has 0 aromatic heterocycles. The molecule has 2 radical (unpaired) electrons. The topological polar surface area (TPSA) is 0 Å². The molecule has 0 bridgehead atoms. The average Bonchev–Trinajstić information content (AvgIpc) is 3.16. The zero-order valence-electron chi connectivity index (χ0n) is 15.3. The van der Waals surface area contributed by atoms with E-state index in [-0.39, 0.29) is 105 Å². The molecule has 29 heavy (non-hydrogen) atoms. The van der Waals surface area contributed by atoms with Gasteiger partial charge in [0.15, 0.2) is 0 Å². The van der Waals surface area contributed by atoms with Gasteiger partial charge in [-0.05, 0) is 0 Å². The molecule has 0 fully saturated rings. The molecule has 134 valence electrons. The van der Waals surface area contributed by atoms with Gasteiger partial charge in [-0.25, -0.2) is 22.3 Å². The average molecular weight is 890 g/mol. The van der Waals surface area contributed by atoms with Gasteiger partial charge in [0.1, 0.15) is 0 Å². The zero-order valence-corrected chi connectivity index (χ0v) is 26.4. The molecule has 2 aliphatic rings.